The third kappa shape index (κ3) is 2.84. The summed E-state index contributed by atoms with van der Waals surface area (Å²) in [6.45, 7) is 0.586. The monoisotopic (exact) mass is 220 g/mol. The molecule has 0 N–H and O–H groups in total. The van der Waals surface area contributed by atoms with Crippen molar-refractivity contribution in [2.24, 2.45) is 0 Å². The number of ether oxygens (including phenoxy) is 3. The highest BCUT2D eigenvalue weighted by Gasteiger charge is 2.24. The SMILES string of the molecule is CO[C@H]1OC=CC[C@H]1OCc1ccccc1. The maximum Gasteiger partial charge on any atom is 0.225 e. The quantitative estimate of drug-likeness (QED) is 0.780. The van der Waals surface area contributed by atoms with Crippen LogP contribution in [0.5, 0.6) is 0 Å². The van der Waals surface area contributed by atoms with E-state index in [4.69, 9.17) is 14.2 Å². The Morgan fingerprint density at radius 1 is 1.31 bits per heavy atom. The zero-order valence-electron chi connectivity index (χ0n) is 9.34. The van der Waals surface area contributed by atoms with Crippen LogP contribution in [0.3, 0.4) is 0 Å². The lowest BCUT2D eigenvalue weighted by Gasteiger charge is -2.27. The molecule has 16 heavy (non-hydrogen) atoms. The molecular weight excluding hydrogens is 204 g/mol. The van der Waals surface area contributed by atoms with Crippen LogP contribution in [0.1, 0.15) is 12.0 Å². The van der Waals surface area contributed by atoms with Gasteiger partial charge in [0.1, 0.15) is 6.10 Å². The lowest BCUT2D eigenvalue weighted by atomic mass is 10.2. The van der Waals surface area contributed by atoms with Gasteiger partial charge >= 0.3 is 0 Å². The minimum absolute atomic E-state index is 0.0322. The second kappa shape index (κ2) is 5.68. The van der Waals surface area contributed by atoms with Crippen molar-refractivity contribution >= 4 is 0 Å². The number of methoxy groups -OCH3 is 1. The summed E-state index contributed by atoms with van der Waals surface area (Å²) in [4.78, 5) is 0. The number of hydrogen-bond acceptors (Lipinski definition) is 3. The van der Waals surface area contributed by atoms with Crippen molar-refractivity contribution in [1.29, 1.82) is 0 Å². The van der Waals surface area contributed by atoms with Gasteiger partial charge in [-0.2, -0.15) is 0 Å². The van der Waals surface area contributed by atoms with Crippen LogP contribution in [0, 0.1) is 0 Å². The van der Waals surface area contributed by atoms with Crippen LogP contribution in [0.4, 0.5) is 0 Å². The van der Waals surface area contributed by atoms with Gasteiger partial charge in [-0.15, -0.1) is 0 Å². The fourth-order valence-electron chi connectivity index (χ4n) is 1.65. The molecule has 86 valence electrons. The minimum Gasteiger partial charge on any atom is -0.470 e. The van der Waals surface area contributed by atoms with Crippen LogP contribution in [0.15, 0.2) is 42.7 Å². The summed E-state index contributed by atoms with van der Waals surface area (Å²) in [6, 6.07) is 10.1. The van der Waals surface area contributed by atoms with E-state index in [0.717, 1.165) is 12.0 Å². The van der Waals surface area contributed by atoms with E-state index in [-0.39, 0.29) is 12.4 Å². The van der Waals surface area contributed by atoms with Crippen LogP contribution in [-0.4, -0.2) is 19.5 Å². The van der Waals surface area contributed by atoms with E-state index >= 15 is 0 Å². The lowest BCUT2D eigenvalue weighted by Crippen LogP contribution is -2.33. The van der Waals surface area contributed by atoms with Crippen molar-refractivity contribution < 1.29 is 14.2 Å². The molecule has 0 aliphatic carbocycles. The predicted molar refractivity (Wildman–Crippen MR) is 60.7 cm³/mol. The Hall–Kier alpha value is -1.32. The first-order valence-electron chi connectivity index (χ1n) is 5.39. The van der Waals surface area contributed by atoms with Crippen LogP contribution in [0.2, 0.25) is 0 Å². The van der Waals surface area contributed by atoms with Gasteiger partial charge in [-0.3, -0.25) is 0 Å². The standard InChI is InChI=1S/C13H16O3/c1-14-13-12(8-5-9-15-13)16-10-11-6-3-2-4-7-11/h2-7,9,12-13H,8,10H2,1H3/t12-,13+/m1/s1. The molecule has 2 rings (SSSR count). The second-order valence-electron chi connectivity index (χ2n) is 3.68. The van der Waals surface area contributed by atoms with Gasteiger partial charge in [0.05, 0.1) is 12.9 Å². The third-order valence-corrected chi connectivity index (χ3v) is 2.52. The van der Waals surface area contributed by atoms with Gasteiger partial charge in [-0.1, -0.05) is 30.3 Å². The van der Waals surface area contributed by atoms with Crippen LogP contribution in [0.25, 0.3) is 0 Å². The molecule has 0 bridgehead atoms. The van der Waals surface area contributed by atoms with Crippen molar-refractivity contribution in [3.8, 4) is 0 Å². The van der Waals surface area contributed by atoms with E-state index in [1.807, 2.05) is 36.4 Å². The molecule has 3 nitrogen and oxygen atoms in total. The van der Waals surface area contributed by atoms with Crippen LogP contribution < -0.4 is 0 Å². The molecule has 0 saturated heterocycles. The van der Waals surface area contributed by atoms with E-state index < -0.39 is 0 Å². The molecule has 0 saturated carbocycles. The van der Waals surface area contributed by atoms with Crippen molar-refractivity contribution in [3.05, 3.63) is 48.2 Å². The molecule has 1 aromatic rings. The minimum atomic E-state index is -0.297. The molecular formula is C13H16O3. The van der Waals surface area contributed by atoms with Crippen LogP contribution >= 0.6 is 0 Å². The van der Waals surface area contributed by atoms with Gasteiger partial charge < -0.3 is 14.2 Å². The Balaban J connectivity index is 1.87. The van der Waals surface area contributed by atoms with E-state index in [1.54, 1.807) is 13.4 Å². The summed E-state index contributed by atoms with van der Waals surface area (Å²) in [5.74, 6) is 0. The van der Waals surface area contributed by atoms with Gasteiger partial charge in [-0.05, 0) is 11.6 Å². The highest BCUT2D eigenvalue weighted by atomic mass is 16.7. The molecule has 0 amide bonds. The topological polar surface area (TPSA) is 27.7 Å². The Kier molecular flexibility index (Phi) is 3.97. The zero-order chi connectivity index (χ0) is 11.2. The molecule has 1 heterocycles. The molecule has 0 spiro atoms. The third-order valence-electron chi connectivity index (χ3n) is 2.52. The van der Waals surface area contributed by atoms with Crippen molar-refractivity contribution in [2.45, 2.75) is 25.4 Å². The maximum atomic E-state index is 5.77. The van der Waals surface area contributed by atoms with Crippen molar-refractivity contribution in [3.63, 3.8) is 0 Å². The largest absolute Gasteiger partial charge is 0.470 e. The number of benzene rings is 1. The zero-order valence-corrected chi connectivity index (χ0v) is 9.34. The van der Waals surface area contributed by atoms with Gasteiger partial charge in [0, 0.05) is 13.5 Å². The fraction of sp³-hybridized carbons (Fsp3) is 0.385. The van der Waals surface area contributed by atoms with E-state index in [0.29, 0.717) is 6.61 Å². The Morgan fingerprint density at radius 3 is 2.88 bits per heavy atom. The van der Waals surface area contributed by atoms with Crippen molar-refractivity contribution in [1.82, 2.24) is 0 Å². The van der Waals surface area contributed by atoms with Gasteiger partial charge in [0.25, 0.3) is 0 Å². The summed E-state index contributed by atoms with van der Waals surface area (Å²) in [7, 11) is 1.63. The summed E-state index contributed by atoms with van der Waals surface area (Å²) < 4.78 is 16.3. The van der Waals surface area contributed by atoms with Gasteiger partial charge in [0.15, 0.2) is 0 Å². The highest BCUT2D eigenvalue weighted by Crippen LogP contribution is 2.17. The predicted octanol–water partition coefficient (Wildman–Crippen LogP) is 2.48. The highest BCUT2D eigenvalue weighted by molar-refractivity contribution is 5.13. The molecule has 0 fully saturated rings. The first-order chi connectivity index (χ1) is 7.90. The first kappa shape index (κ1) is 11.2. The number of hydrogen-bond donors (Lipinski definition) is 0. The Bertz CT molecular complexity index is 334. The average Bonchev–Trinajstić information content (AvgIpc) is 2.38. The maximum absolute atomic E-state index is 5.77. The number of rotatable bonds is 4. The van der Waals surface area contributed by atoms with E-state index in [2.05, 4.69) is 0 Å². The first-order valence-corrected chi connectivity index (χ1v) is 5.39. The van der Waals surface area contributed by atoms with Crippen LogP contribution in [-0.2, 0) is 20.8 Å². The summed E-state index contributed by atoms with van der Waals surface area (Å²) in [5, 5.41) is 0. The second-order valence-corrected chi connectivity index (χ2v) is 3.68. The normalized spacial score (nSPS) is 24.1. The molecule has 1 aromatic carbocycles. The summed E-state index contributed by atoms with van der Waals surface area (Å²) in [5.41, 5.74) is 1.16. The van der Waals surface area contributed by atoms with Crippen molar-refractivity contribution in [2.75, 3.05) is 7.11 Å². The van der Waals surface area contributed by atoms with Gasteiger partial charge in [0.2, 0.25) is 6.29 Å². The Morgan fingerprint density at radius 2 is 2.12 bits per heavy atom. The van der Waals surface area contributed by atoms with E-state index in [1.165, 1.54) is 0 Å². The Labute approximate surface area is 95.6 Å². The molecule has 3 heteroatoms. The summed E-state index contributed by atoms with van der Waals surface area (Å²) in [6.07, 6.45) is 4.11. The molecule has 0 radical (unpaired) electrons. The van der Waals surface area contributed by atoms with E-state index in [9.17, 15) is 0 Å². The fourth-order valence-corrected chi connectivity index (χ4v) is 1.65. The lowest BCUT2D eigenvalue weighted by molar-refractivity contribution is -0.177. The summed E-state index contributed by atoms with van der Waals surface area (Å²) >= 11 is 0. The molecule has 0 aromatic heterocycles. The van der Waals surface area contributed by atoms with Gasteiger partial charge in [-0.25, -0.2) is 0 Å². The molecule has 2 atom stereocenters. The molecule has 1 aliphatic heterocycles. The molecule has 1 aliphatic rings. The smallest absolute Gasteiger partial charge is 0.225 e. The average molecular weight is 220 g/mol. The molecule has 0 unspecified atom stereocenters.